The number of hydrogen-bond acceptors (Lipinski definition) is 1. The smallest absolute Gasteiger partial charge is 0.0456 e. The standard InChI is InChI=1S/C19H20N2.2H2/c1-2-4-15(5-3-1)13-19(9-11-20-14-19)17-7-6-16-8-10-21-18(16)12-17;;/h1-8,10,12,20-21H,9,11,13-14H2;2*1H/t19-;;/m0../s1. The van der Waals surface area contributed by atoms with Crippen LogP contribution >= 0.6 is 0 Å². The fourth-order valence-corrected chi connectivity index (χ4v) is 3.61. The van der Waals surface area contributed by atoms with Crippen molar-refractivity contribution in [3.8, 4) is 0 Å². The molecule has 0 unspecified atom stereocenters. The van der Waals surface area contributed by atoms with Crippen molar-refractivity contribution < 1.29 is 2.85 Å². The Kier molecular flexibility index (Phi) is 3.04. The van der Waals surface area contributed by atoms with Gasteiger partial charge in [0.1, 0.15) is 0 Å². The maximum Gasteiger partial charge on any atom is 0.0456 e. The van der Waals surface area contributed by atoms with E-state index in [1.807, 2.05) is 6.20 Å². The lowest BCUT2D eigenvalue weighted by molar-refractivity contribution is 0.468. The first-order chi connectivity index (χ1) is 10.4. The van der Waals surface area contributed by atoms with Crippen LogP contribution in [-0.4, -0.2) is 18.1 Å². The van der Waals surface area contributed by atoms with Crippen LogP contribution < -0.4 is 5.32 Å². The van der Waals surface area contributed by atoms with Crippen molar-refractivity contribution in [2.75, 3.05) is 13.1 Å². The number of aromatic amines is 1. The van der Waals surface area contributed by atoms with Crippen LogP contribution in [0.2, 0.25) is 0 Å². The molecule has 0 aliphatic carbocycles. The van der Waals surface area contributed by atoms with Crippen molar-refractivity contribution in [2.24, 2.45) is 0 Å². The molecule has 0 radical (unpaired) electrons. The molecule has 2 N–H and O–H groups in total. The van der Waals surface area contributed by atoms with Gasteiger partial charge in [-0.15, -0.1) is 0 Å². The topological polar surface area (TPSA) is 27.8 Å². The van der Waals surface area contributed by atoms with Crippen molar-refractivity contribution in [1.82, 2.24) is 10.3 Å². The van der Waals surface area contributed by atoms with Gasteiger partial charge in [-0.2, -0.15) is 0 Å². The molecule has 0 spiro atoms. The Morgan fingerprint density at radius 3 is 2.76 bits per heavy atom. The van der Waals surface area contributed by atoms with Gasteiger partial charge in [0.15, 0.2) is 0 Å². The Balaban J connectivity index is 0.000000960. The fourth-order valence-electron chi connectivity index (χ4n) is 3.61. The second kappa shape index (κ2) is 5.05. The van der Waals surface area contributed by atoms with E-state index in [0.717, 1.165) is 19.5 Å². The van der Waals surface area contributed by atoms with Gasteiger partial charge in [-0.3, -0.25) is 0 Å². The van der Waals surface area contributed by atoms with Gasteiger partial charge in [0.2, 0.25) is 0 Å². The van der Waals surface area contributed by atoms with Crippen LogP contribution in [0.3, 0.4) is 0 Å². The Bertz CT molecular complexity index is 746. The molecule has 1 atom stereocenters. The molecular formula is C19H24N2. The third-order valence-electron chi connectivity index (χ3n) is 4.80. The number of fused-ring (bicyclic) bond motifs is 1. The Hall–Kier alpha value is -2.06. The van der Waals surface area contributed by atoms with E-state index in [4.69, 9.17) is 0 Å². The Labute approximate surface area is 128 Å². The minimum Gasteiger partial charge on any atom is -0.361 e. The molecule has 2 heteroatoms. The molecule has 1 fully saturated rings. The van der Waals surface area contributed by atoms with E-state index in [1.165, 1.54) is 28.5 Å². The minimum atomic E-state index is 0. The van der Waals surface area contributed by atoms with Gasteiger partial charge >= 0.3 is 0 Å². The van der Waals surface area contributed by atoms with Crippen LogP contribution in [-0.2, 0) is 11.8 Å². The molecule has 2 aromatic carbocycles. The van der Waals surface area contributed by atoms with Crippen molar-refractivity contribution in [3.63, 3.8) is 0 Å². The number of nitrogens with one attached hydrogen (secondary N) is 2. The summed E-state index contributed by atoms with van der Waals surface area (Å²) in [6, 6.07) is 19.9. The number of benzene rings is 2. The van der Waals surface area contributed by atoms with Crippen LogP contribution in [0.15, 0.2) is 60.8 Å². The minimum absolute atomic E-state index is 0. The molecular weight excluding hydrogens is 256 g/mol. The highest BCUT2D eigenvalue weighted by molar-refractivity contribution is 5.80. The molecule has 0 saturated carbocycles. The zero-order valence-corrected chi connectivity index (χ0v) is 12.1. The SMILES string of the molecule is [HH].[HH].c1ccc(C[C@@]2(c3ccc4cc[nH]c4c3)CCNC2)cc1. The third-order valence-corrected chi connectivity index (χ3v) is 4.80. The van der Waals surface area contributed by atoms with Crippen molar-refractivity contribution >= 4 is 10.9 Å². The number of hydrogen-bond donors (Lipinski definition) is 2. The van der Waals surface area contributed by atoms with E-state index >= 15 is 0 Å². The average molecular weight is 280 g/mol. The first-order valence-corrected chi connectivity index (χ1v) is 7.68. The quantitative estimate of drug-likeness (QED) is 0.741. The van der Waals surface area contributed by atoms with Gasteiger partial charge in [-0.25, -0.2) is 0 Å². The van der Waals surface area contributed by atoms with Crippen LogP contribution in [0.1, 0.15) is 20.4 Å². The fraction of sp³-hybridized carbons (Fsp3) is 0.263. The third kappa shape index (κ3) is 2.26. The largest absolute Gasteiger partial charge is 0.361 e. The van der Waals surface area contributed by atoms with Crippen LogP contribution in [0.5, 0.6) is 0 Å². The van der Waals surface area contributed by atoms with Gasteiger partial charge in [-0.1, -0.05) is 42.5 Å². The number of aromatic nitrogens is 1. The Morgan fingerprint density at radius 2 is 1.95 bits per heavy atom. The molecule has 1 saturated heterocycles. The summed E-state index contributed by atoms with van der Waals surface area (Å²) in [4.78, 5) is 3.34. The first-order valence-electron chi connectivity index (χ1n) is 7.68. The molecule has 0 bridgehead atoms. The lowest BCUT2D eigenvalue weighted by Crippen LogP contribution is -2.31. The predicted molar refractivity (Wildman–Crippen MR) is 91.8 cm³/mol. The summed E-state index contributed by atoms with van der Waals surface area (Å²) >= 11 is 0. The molecule has 1 aromatic heterocycles. The molecule has 1 aliphatic rings. The summed E-state index contributed by atoms with van der Waals surface area (Å²) in [5.41, 5.74) is 4.34. The summed E-state index contributed by atoms with van der Waals surface area (Å²) in [5, 5.41) is 4.85. The van der Waals surface area contributed by atoms with Crippen molar-refractivity contribution in [2.45, 2.75) is 18.3 Å². The van der Waals surface area contributed by atoms with Crippen molar-refractivity contribution in [3.05, 3.63) is 71.9 Å². The highest BCUT2D eigenvalue weighted by atomic mass is 14.9. The Morgan fingerprint density at radius 1 is 1.05 bits per heavy atom. The maximum atomic E-state index is 3.56. The van der Waals surface area contributed by atoms with Crippen LogP contribution in [0.4, 0.5) is 0 Å². The summed E-state index contributed by atoms with van der Waals surface area (Å²) in [6.45, 7) is 2.17. The summed E-state index contributed by atoms with van der Waals surface area (Å²) in [5.74, 6) is 0. The number of H-pyrrole nitrogens is 1. The van der Waals surface area contributed by atoms with Gasteiger partial charge in [-0.05, 0) is 48.0 Å². The molecule has 21 heavy (non-hydrogen) atoms. The first kappa shape index (κ1) is 12.7. The summed E-state index contributed by atoms with van der Waals surface area (Å²) in [6.07, 6.45) is 4.33. The van der Waals surface area contributed by atoms with Crippen LogP contribution in [0.25, 0.3) is 10.9 Å². The molecule has 110 valence electrons. The molecule has 0 amide bonds. The second-order valence-electron chi connectivity index (χ2n) is 6.15. The van der Waals surface area contributed by atoms with E-state index < -0.39 is 0 Å². The monoisotopic (exact) mass is 280 g/mol. The molecule has 1 aliphatic heterocycles. The summed E-state index contributed by atoms with van der Waals surface area (Å²) in [7, 11) is 0. The maximum absolute atomic E-state index is 3.56. The normalized spacial score (nSPS) is 21.9. The summed E-state index contributed by atoms with van der Waals surface area (Å²) < 4.78 is 0. The zero-order chi connectivity index (χ0) is 14.1. The van der Waals surface area contributed by atoms with Crippen molar-refractivity contribution in [1.29, 1.82) is 0 Å². The van der Waals surface area contributed by atoms with E-state index in [9.17, 15) is 0 Å². The van der Waals surface area contributed by atoms with Gasteiger partial charge in [0, 0.05) is 26.5 Å². The zero-order valence-electron chi connectivity index (χ0n) is 12.1. The van der Waals surface area contributed by atoms with Gasteiger partial charge in [0.25, 0.3) is 0 Å². The lowest BCUT2D eigenvalue weighted by Gasteiger charge is -2.29. The molecule has 3 aromatic rings. The second-order valence-corrected chi connectivity index (χ2v) is 6.15. The number of rotatable bonds is 3. The highest BCUT2D eigenvalue weighted by Gasteiger charge is 2.35. The van der Waals surface area contributed by atoms with E-state index in [2.05, 4.69) is 64.9 Å². The van der Waals surface area contributed by atoms with E-state index in [1.54, 1.807) is 0 Å². The van der Waals surface area contributed by atoms with Gasteiger partial charge in [0.05, 0.1) is 0 Å². The molecule has 2 nitrogen and oxygen atoms in total. The van der Waals surface area contributed by atoms with E-state index in [0.29, 0.717) is 0 Å². The van der Waals surface area contributed by atoms with E-state index in [-0.39, 0.29) is 8.27 Å². The van der Waals surface area contributed by atoms with Gasteiger partial charge < -0.3 is 10.3 Å². The van der Waals surface area contributed by atoms with Crippen LogP contribution in [0, 0.1) is 0 Å². The average Bonchev–Trinajstić information content (AvgIpc) is 3.17. The molecule has 2 heterocycles. The lowest BCUT2D eigenvalue weighted by atomic mass is 9.75. The molecule has 4 rings (SSSR count). The highest BCUT2D eigenvalue weighted by Crippen LogP contribution is 2.35. The predicted octanol–water partition coefficient (Wildman–Crippen LogP) is 4.13.